The fourth-order valence-electron chi connectivity index (χ4n) is 2.30. The van der Waals surface area contributed by atoms with Crippen LogP contribution in [-0.2, 0) is 4.74 Å². The van der Waals surface area contributed by atoms with Gasteiger partial charge in [0.05, 0.1) is 6.61 Å². The number of hydrogen-bond acceptors (Lipinski definition) is 3. The summed E-state index contributed by atoms with van der Waals surface area (Å²) in [5.74, 6) is 1.46. The van der Waals surface area contributed by atoms with Gasteiger partial charge in [-0.3, -0.25) is 0 Å². The molecule has 0 saturated carbocycles. The van der Waals surface area contributed by atoms with Crippen LogP contribution in [0.5, 0.6) is 5.75 Å². The van der Waals surface area contributed by atoms with E-state index < -0.39 is 0 Å². The molecule has 0 aromatic heterocycles. The van der Waals surface area contributed by atoms with Crippen molar-refractivity contribution in [3.05, 3.63) is 29.8 Å². The van der Waals surface area contributed by atoms with Crippen LogP contribution in [0.2, 0.25) is 0 Å². The monoisotopic (exact) mass is 235 g/mol. The molecule has 1 aromatic carbocycles. The minimum Gasteiger partial charge on any atom is -0.494 e. The van der Waals surface area contributed by atoms with E-state index in [-0.39, 0.29) is 6.04 Å². The molecule has 1 fully saturated rings. The van der Waals surface area contributed by atoms with Crippen molar-refractivity contribution in [2.45, 2.75) is 25.8 Å². The van der Waals surface area contributed by atoms with E-state index in [0.29, 0.717) is 12.5 Å². The number of ether oxygens (including phenoxy) is 2. The SMILES string of the molecule is CCOc1ccc([C@@H](N)C2CCOCC2)cc1. The van der Waals surface area contributed by atoms with Crippen molar-refractivity contribution in [2.24, 2.45) is 11.7 Å². The first kappa shape index (κ1) is 12.4. The molecule has 1 aliphatic heterocycles. The van der Waals surface area contributed by atoms with E-state index in [2.05, 4.69) is 12.1 Å². The maximum Gasteiger partial charge on any atom is 0.119 e. The Morgan fingerprint density at radius 3 is 2.53 bits per heavy atom. The third-order valence-corrected chi connectivity index (χ3v) is 3.35. The first-order valence-corrected chi connectivity index (χ1v) is 6.37. The zero-order valence-corrected chi connectivity index (χ0v) is 10.4. The van der Waals surface area contributed by atoms with Crippen molar-refractivity contribution in [1.29, 1.82) is 0 Å². The lowest BCUT2D eigenvalue weighted by molar-refractivity contribution is 0.0584. The molecule has 0 aliphatic carbocycles. The highest BCUT2D eigenvalue weighted by Gasteiger charge is 2.22. The average molecular weight is 235 g/mol. The quantitative estimate of drug-likeness (QED) is 0.872. The Bertz CT molecular complexity index is 331. The van der Waals surface area contributed by atoms with Gasteiger partial charge in [-0.25, -0.2) is 0 Å². The zero-order chi connectivity index (χ0) is 12.1. The highest BCUT2D eigenvalue weighted by atomic mass is 16.5. The summed E-state index contributed by atoms with van der Waals surface area (Å²) in [6, 6.07) is 8.27. The summed E-state index contributed by atoms with van der Waals surface area (Å²) in [6.07, 6.45) is 2.13. The lowest BCUT2D eigenvalue weighted by Crippen LogP contribution is -2.27. The molecule has 3 nitrogen and oxygen atoms in total. The summed E-state index contributed by atoms with van der Waals surface area (Å²) < 4.78 is 10.8. The zero-order valence-electron chi connectivity index (χ0n) is 10.4. The van der Waals surface area contributed by atoms with Crippen molar-refractivity contribution in [1.82, 2.24) is 0 Å². The second-order valence-corrected chi connectivity index (χ2v) is 4.48. The number of hydrogen-bond donors (Lipinski definition) is 1. The van der Waals surface area contributed by atoms with Crippen LogP contribution < -0.4 is 10.5 Å². The minimum atomic E-state index is 0.120. The Morgan fingerprint density at radius 1 is 1.29 bits per heavy atom. The molecule has 1 aromatic rings. The third-order valence-electron chi connectivity index (χ3n) is 3.35. The summed E-state index contributed by atoms with van der Waals surface area (Å²) in [4.78, 5) is 0. The van der Waals surface area contributed by atoms with Crippen molar-refractivity contribution < 1.29 is 9.47 Å². The number of benzene rings is 1. The minimum absolute atomic E-state index is 0.120. The molecule has 2 N–H and O–H groups in total. The van der Waals surface area contributed by atoms with E-state index in [1.54, 1.807) is 0 Å². The van der Waals surface area contributed by atoms with Gasteiger partial charge < -0.3 is 15.2 Å². The van der Waals surface area contributed by atoms with Crippen LogP contribution in [0.3, 0.4) is 0 Å². The predicted molar refractivity (Wildman–Crippen MR) is 68.1 cm³/mol. The van der Waals surface area contributed by atoms with E-state index in [0.717, 1.165) is 31.8 Å². The second-order valence-electron chi connectivity index (χ2n) is 4.48. The normalized spacial score (nSPS) is 18.9. The first-order valence-electron chi connectivity index (χ1n) is 6.37. The molecule has 0 bridgehead atoms. The van der Waals surface area contributed by atoms with Crippen LogP contribution in [0.25, 0.3) is 0 Å². The molecule has 1 aliphatic rings. The summed E-state index contributed by atoms with van der Waals surface area (Å²) in [6.45, 7) is 4.37. The second kappa shape index (κ2) is 6.03. The summed E-state index contributed by atoms with van der Waals surface area (Å²) in [5, 5.41) is 0. The van der Waals surface area contributed by atoms with Gasteiger partial charge in [0.25, 0.3) is 0 Å². The Morgan fingerprint density at radius 2 is 1.94 bits per heavy atom. The van der Waals surface area contributed by atoms with Gasteiger partial charge >= 0.3 is 0 Å². The fourth-order valence-corrected chi connectivity index (χ4v) is 2.30. The van der Waals surface area contributed by atoms with E-state index in [9.17, 15) is 0 Å². The van der Waals surface area contributed by atoms with Gasteiger partial charge in [0.1, 0.15) is 5.75 Å². The van der Waals surface area contributed by atoms with E-state index in [1.807, 2.05) is 19.1 Å². The van der Waals surface area contributed by atoms with Gasteiger partial charge in [0.2, 0.25) is 0 Å². The van der Waals surface area contributed by atoms with Gasteiger partial charge in [-0.15, -0.1) is 0 Å². The lowest BCUT2D eigenvalue weighted by Gasteiger charge is -2.27. The standard InChI is InChI=1S/C14H21NO2/c1-2-17-13-5-3-11(4-6-13)14(15)12-7-9-16-10-8-12/h3-6,12,14H,2,7-10,15H2,1H3/t14-/m1/s1. The first-order chi connectivity index (χ1) is 8.31. The van der Waals surface area contributed by atoms with Crippen LogP contribution in [0, 0.1) is 5.92 Å². The fraction of sp³-hybridized carbons (Fsp3) is 0.571. The highest BCUT2D eigenvalue weighted by Crippen LogP contribution is 2.28. The molecule has 3 heteroatoms. The molecule has 2 rings (SSSR count). The topological polar surface area (TPSA) is 44.5 Å². The predicted octanol–water partition coefficient (Wildman–Crippen LogP) is 2.51. The number of rotatable bonds is 4. The van der Waals surface area contributed by atoms with E-state index >= 15 is 0 Å². The molecule has 0 radical (unpaired) electrons. The lowest BCUT2D eigenvalue weighted by atomic mass is 9.88. The maximum absolute atomic E-state index is 6.30. The molecular formula is C14H21NO2. The van der Waals surface area contributed by atoms with Crippen molar-refractivity contribution >= 4 is 0 Å². The smallest absolute Gasteiger partial charge is 0.119 e. The van der Waals surface area contributed by atoms with Gasteiger partial charge in [-0.1, -0.05) is 12.1 Å². The Labute approximate surface area is 103 Å². The van der Waals surface area contributed by atoms with Gasteiger partial charge in [-0.2, -0.15) is 0 Å². The van der Waals surface area contributed by atoms with Crippen molar-refractivity contribution in [2.75, 3.05) is 19.8 Å². The van der Waals surface area contributed by atoms with E-state index in [1.165, 1.54) is 5.56 Å². The highest BCUT2D eigenvalue weighted by molar-refractivity contribution is 5.29. The van der Waals surface area contributed by atoms with Gasteiger partial charge in [-0.05, 0) is 43.4 Å². The van der Waals surface area contributed by atoms with Gasteiger partial charge in [0, 0.05) is 19.3 Å². The molecule has 94 valence electrons. The molecular weight excluding hydrogens is 214 g/mol. The summed E-state index contributed by atoms with van der Waals surface area (Å²) >= 11 is 0. The molecule has 17 heavy (non-hydrogen) atoms. The van der Waals surface area contributed by atoms with Gasteiger partial charge in [0.15, 0.2) is 0 Å². The van der Waals surface area contributed by atoms with Crippen LogP contribution in [0.4, 0.5) is 0 Å². The number of nitrogens with two attached hydrogens (primary N) is 1. The Hall–Kier alpha value is -1.06. The molecule has 1 heterocycles. The molecule has 0 unspecified atom stereocenters. The van der Waals surface area contributed by atoms with Crippen LogP contribution in [-0.4, -0.2) is 19.8 Å². The summed E-state index contributed by atoms with van der Waals surface area (Å²) in [7, 11) is 0. The van der Waals surface area contributed by atoms with Crippen LogP contribution in [0.1, 0.15) is 31.4 Å². The Balaban J connectivity index is 2.00. The maximum atomic E-state index is 6.30. The molecule has 1 saturated heterocycles. The van der Waals surface area contributed by atoms with E-state index in [4.69, 9.17) is 15.2 Å². The van der Waals surface area contributed by atoms with Crippen LogP contribution in [0.15, 0.2) is 24.3 Å². The average Bonchev–Trinajstić information content (AvgIpc) is 2.40. The van der Waals surface area contributed by atoms with Crippen molar-refractivity contribution in [3.8, 4) is 5.75 Å². The van der Waals surface area contributed by atoms with Crippen LogP contribution >= 0.6 is 0 Å². The van der Waals surface area contributed by atoms with Crippen molar-refractivity contribution in [3.63, 3.8) is 0 Å². The summed E-state index contributed by atoms with van der Waals surface area (Å²) in [5.41, 5.74) is 7.49. The molecule has 1 atom stereocenters. The third kappa shape index (κ3) is 3.20. The largest absolute Gasteiger partial charge is 0.494 e. The Kier molecular flexibility index (Phi) is 4.40. The molecule has 0 spiro atoms. The molecule has 0 amide bonds.